The molecule has 0 aromatic carbocycles. The maximum atomic E-state index is 11.7. The van der Waals surface area contributed by atoms with Gasteiger partial charge in [0.05, 0.1) is 12.4 Å². The monoisotopic (exact) mass is 225 g/mol. The Labute approximate surface area is 88.2 Å². The molecule has 1 aromatic rings. The van der Waals surface area contributed by atoms with E-state index in [1.54, 1.807) is 12.3 Å². The van der Waals surface area contributed by atoms with Gasteiger partial charge in [-0.1, -0.05) is 0 Å². The average molecular weight is 225 g/mol. The third-order valence-corrected chi connectivity index (χ3v) is 4.18. The van der Waals surface area contributed by atoms with E-state index in [4.69, 9.17) is 0 Å². The summed E-state index contributed by atoms with van der Waals surface area (Å²) in [6, 6.07) is 2.26. The fourth-order valence-electron chi connectivity index (χ4n) is 1.85. The van der Waals surface area contributed by atoms with Crippen LogP contribution < -0.4 is 9.62 Å². The first-order valence-corrected chi connectivity index (χ1v) is 6.37. The van der Waals surface area contributed by atoms with E-state index in [-0.39, 0.29) is 0 Å². The average Bonchev–Trinajstić information content (AvgIpc) is 3.02. The summed E-state index contributed by atoms with van der Waals surface area (Å²) in [6.45, 7) is 0.379. The number of fused-ring (bicyclic) bond motifs is 1. The van der Waals surface area contributed by atoms with Gasteiger partial charge in [-0.3, -0.25) is 4.98 Å². The summed E-state index contributed by atoms with van der Waals surface area (Å²) < 4.78 is 25.9. The molecular formula is C9H11N3O2S. The van der Waals surface area contributed by atoms with E-state index in [1.165, 1.54) is 6.20 Å². The molecule has 1 aliphatic heterocycles. The van der Waals surface area contributed by atoms with Crippen molar-refractivity contribution < 1.29 is 8.42 Å². The highest BCUT2D eigenvalue weighted by Crippen LogP contribution is 2.36. The number of aromatic nitrogens is 1. The Kier molecular flexibility index (Phi) is 1.78. The first-order chi connectivity index (χ1) is 7.18. The molecular weight excluding hydrogens is 214 g/mol. The first-order valence-electron chi connectivity index (χ1n) is 4.89. The lowest BCUT2D eigenvalue weighted by molar-refractivity contribution is 0.569. The van der Waals surface area contributed by atoms with Crippen molar-refractivity contribution in [2.75, 3.05) is 11.6 Å². The van der Waals surface area contributed by atoms with Crippen molar-refractivity contribution in [3.8, 4) is 0 Å². The molecule has 0 saturated heterocycles. The van der Waals surface area contributed by atoms with E-state index < -0.39 is 10.0 Å². The van der Waals surface area contributed by atoms with Gasteiger partial charge in [0.15, 0.2) is 0 Å². The quantitative estimate of drug-likeness (QED) is 0.746. The van der Waals surface area contributed by atoms with Crippen molar-refractivity contribution in [3.05, 3.63) is 18.5 Å². The van der Waals surface area contributed by atoms with Crippen LogP contribution in [0.5, 0.6) is 0 Å². The number of rotatable bonds is 1. The van der Waals surface area contributed by atoms with Gasteiger partial charge in [0.1, 0.15) is 4.90 Å². The van der Waals surface area contributed by atoms with E-state index in [2.05, 4.69) is 14.6 Å². The van der Waals surface area contributed by atoms with Crippen LogP contribution in [0.2, 0.25) is 0 Å². The minimum atomic E-state index is -3.33. The van der Waals surface area contributed by atoms with E-state index in [9.17, 15) is 8.42 Å². The maximum Gasteiger partial charge on any atom is 0.245 e. The van der Waals surface area contributed by atoms with E-state index >= 15 is 0 Å². The molecule has 0 bridgehead atoms. The minimum absolute atomic E-state index is 0.295. The fraction of sp³-hybridized carbons (Fsp3) is 0.444. The Morgan fingerprint density at radius 3 is 3.00 bits per heavy atom. The summed E-state index contributed by atoms with van der Waals surface area (Å²) >= 11 is 0. The molecule has 0 atom stereocenters. The summed E-state index contributed by atoms with van der Waals surface area (Å²) in [7, 11) is -3.33. The molecule has 1 fully saturated rings. The number of hydrogen-bond acceptors (Lipinski definition) is 4. The van der Waals surface area contributed by atoms with E-state index in [0.29, 0.717) is 17.6 Å². The van der Waals surface area contributed by atoms with Crippen LogP contribution >= 0.6 is 0 Å². The highest BCUT2D eigenvalue weighted by Gasteiger charge is 2.36. The molecule has 0 spiro atoms. The Hall–Kier alpha value is -1.14. The molecule has 15 heavy (non-hydrogen) atoms. The summed E-state index contributed by atoms with van der Waals surface area (Å²) in [5, 5.41) is 0. The largest absolute Gasteiger partial charge is 0.354 e. The lowest BCUT2D eigenvalue weighted by atomic mass is 10.3. The second-order valence-electron chi connectivity index (χ2n) is 3.85. The summed E-state index contributed by atoms with van der Waals surface area (Å²) in [5.74, 6) is 0. The smallest absolute Gasteiger partial charge is 0.245 e. The number of anilines is 1. The fourth-order valence-corrected chi connectivity index (χ4v) is 2.97. The number of nitrogens with one attached hydrogen (secondary N) is 1. The summed E-state index contributed by atoms with van der Waals surface area (Å²) in [6.07, 6.45) is 5.33. The molecule has 0 unspecified atom stereocenters. The maximum absolute atomic E-state index is 11.7. The van der Waals surface area contributed by atoms with Gasteiger partial charge >= 0.3 is 0 Å². The number of nitrogens with zero attached hydrogens (tertiary/aromatic N) is 2. The summed E-state index contributed by atoms with van der Waals surface area (Å²) in [4.78, 5) is 6.25. The first kappa shape index (κ1) is 9.11. The molecule has 5 nitrogen and oxygen atoms in total. The molecule has 1 aromatic heterocycles. The van der Waals surface area contributed by atoms with E-state index in [0.717, 1.165) is 18.5 Å². The molecule has 1 N–H and O–H groups in total. The highest BCUT2D eigenvalue weighted by molar-refractivity contribution is 7.89. The second-order valence-corrected chi connectivity index (χ2v) is 5.59. The van der Waals surface area contributed by atoms with Gasteiger partial charge < -0.3 is 4.90 Å². The van der Waals surface area contributed by atoms with Crippen molar-refractivity contribution in [2.45, 2.75) is 23.8 Å². The molecule has 6 heteroatoms. The van der Waals surface area contributed by atoms with Crippen molar-refractivity contribution in [1.29, 1.82) is 0 Å². The Morgan fingerprint density at radius 1 is 1.47 bits per heavy atom. The van der Waals surface area contributed by atoms with E-state index in [1.807, 2.05) is 0 Å². The lowest BCUT2D eigenvalue weighted by Gasteiger charge is -2.30. The molecule has 0 amide bonds. The minimum Gasteiger partial charge on any atom is -0.354 e. The normalized spacial score (nSPS) is 23.6. The van der Waals surface area contributed by atoms with Gasteiger partial charge in [-0.25, -0.2) is 8.42 Å². The Bertz CT molecular complexity index is 496. The van der Waals surface area contributed by atoms with Gasteiger partial charge in [-0.2, -0.15) is 4.72 Å². The van der Waals surface area contributed by atoms with Crippen LogP contribution in [0.15, 0.2) is 23.4 Å². The molecule has 1 saturated carbocycles. The lowest BCUT2D eigenvalue weighted by Crippen LogP contribution is -2.44. The van der Waals surface area contributed by atoms with Gasteiger partial charge in [0.25, 0.3) is 0 Å². The third kappa shape index (κ3) is 1.40. The zero-order chi connectivity index (χ0) is 10.5. The number of pyridine rings is 1. The van der Waals surface area contributed by atoms with Crippen LogP contribution in [0.25, 0.3) is 0 Å². The molecule has 2 heterocycles. The SMILES string of the molecule is O=S1(=O)NCN(C2CC2)c2ccncc21. The van der Waals surface area contributed by atoms with Gasteiger partial charge in [-0.15, -0.1) is 0 Å². The predicted molar refractivity (Wildman–Crippen MR) is 54.9 cm³/mol. The predicted octanol–water partition coefficient (Wildman–Crippen LogP) is 0.300. The van der Waals surface area contributed by atoms with Crippen molar-refractivity contribution >= 4 is 15.7 Å². The standard InChI is InChI=1S/C9H11N3O2S/c13-15(14)9-5-10-4-3-8(9)12(6-11-15)7-1-2-7/h3-5,7,11H,1-2,6H2. The second kappa shape index (κ2) is 2.93. The number of hydrogen-bond donors (Lipinski definition) is 1. The third-order valence-electron chi connectivity index (χ3n) is 2.77. The summed E-state index contributed by atoms with van der Waals surface area (Å²) in [5.41, 5.74) is 0.784. The van der Waals surface area contributed by atoms with Crippen LogP contribution in [-0.4, -0.2) is 26.1 Å². The van der Waals surface area contributed by atoms with Crippen LogP contribution in [0.4, 0.5) is 5.69 Å². The zero-order valence-electron chi connectivity index (χ0n) is 8.05. The van der Waals surface area contributed by atoms with Crippen LogP contribution in [0.3, 0.4) is 0 Å². The molecule has 2 aliphatic rings. The van der Waals surface area contributed by atoms with Gasteiger partial charge in [0.2, 0.25) is 10.0 Å². The van der Waals surface area contributed by atoms with Gasteiger partial charge in [0, 0.05) is 18.4 Å². The Balaban J connectivity index is 2.15. The van der Waals surface area contributed by atoms with Crippen LogP contribution in [0, 0.1) is 0 Å². The molecule has 80 valence electrons. The number of sulfonamides is 1. The van der Waals surface area contributed by atoms with Crippen molar-refractivity contribution in [1.82, 2.24) is 9.71 Å². The topological polar surface area (TPSA) is 62.3 Å². The van der Waals surface area contributed by atoms with Crippen molar-refractivity contribution in [2.24, 2.45) is 0 Å². The zero-order valence-corrected chi connectivity index (χ0v) is 8.87. The van der Waals surface area contributed by atoms with Crippen molar-refractivity contribution in [3.63, 3.8) is 0 Å². The molecule has 0 radical (unpaired) electrons. The van der Waals surface area contributed by atoms with Crippen LogP contribution in [0.1, 0.15) is 12.8 Å². The Morgan fingerprint density at radius 2 is 2.27 bits per heavy atom. The van der Waals surface area contributed by atoms with Crippen LogP contribution in [-0.2, 0) is 10.0 Å². The highest BCUT2D eigenvalue weighted by atomic mass is 32.2. The molecule has 3 rings (SSSR count). The van der Waals surface area contributed by atoms with Gasteiger partial charge in [-0.05, 0) is 18.9 Å². The molecule has 1 aliphatic carbocycles.